The normalized spacial score (nSPS) is 22.1. The van der Waals surface area contributed by atoms with Crippen LogP contribution in [0.25, 0.3) is 0 Å². The quantitative estimate of drug-likeness (QED) is 0.940. The molecular formula is C16H20FN3O. The van der Waals surface area contributed by atoms with Crippen molar-refractivity contribution in [3.63, 3.8) is 0 Å². The molecule has 1 atom stereocenters. The highest BCUT2D eigenvalue weighted by Crippen LogP contribution is 2.36. The second kappa shape index (κ2) is 5.56. The Labute approximate surface area is 123 Å². The van der Waals surface area contributed by atoms with Gasteiger partial charge >= 0.3 is 0 Å². The van der Waals surface area contributed by atoms with E-state index in [9.17, 15) is 4.39 Å². The number of nitrogens with zero attached hydrogens (tertiary/aromatic N) is 2. The maximum atomic E-state index is 13.7. The summed E-state index contributed by atoms with van der Waals surface area (Å²) in [5, 5.41) is 7.42. The van der Waals surface area contributed by atoms with Gasteiger partial charge in [-0.15, -0.1) is 0 Å². The summed E-state index contributed by atoms with van der Waals surface area (Å²) < 4.78 is 19.2. The highest BCUT2D eigenvalue weighted by molar-refractivity contribution is 5.21. The summed E-state index contributed by atoms with van der Waals surface area (Å²) in [7, 11) is 0. The van der Waals surface area contributed by atoms with Crippen LogP contribution in [0.4, 0.5) is 4.39 Å². The smallest absolute Gasteiger partial charge is 0.234 e. The Morgan fingerprint density at radius 1 is 1.38 bits per heavy atom. The van der Waals surface area contributed by atoms with Gasteiger partial charge in [-0.25, -0.2) is 4.39 Å². The van der Waals surface area contributed by atoms with E-state index in [2.05, 4.69) is 29.3 Å². The second-order valence-electron chi connectivity index (χ2n) is 6.02. The Balaban J connectivity index is 1.85. The van der Waals surface area contributed by atoms with E-state index >= 15 is 0 Å². The fourth-order valence-electron chi connectivity index (χ4n) is 2.97. The largest absolute Gasteiger partial charge is 0.339 e. The SMILES string of the molecule is CC(C)C1(c2nc(Cc3ccccc3F)no2)CCNC1. The van der Waals surface area contributed by atoms with Crippen molar-refractivity contribution in [3.8, 4) is 0 Å². The van der Waals surface area contributed by atoms with Gasteiger partial charge in [-0.1, -0.05) is 37.2 Å². The predicted octanol–water partition coefficient (Wildman–Crippen LogP) is 2.69. The van der Waals surface area contributed by atoms with Gasteiger partial charge in [0.05, 0.1) is 5.41 Å². The average Bonchev–Trinajstić information content (AvgIpc) is 3.10. The Morgan fingerprint density at radius 2 is 2.19 bits per heavy atom. The van der Waals surface area contributed by atoms with Crippen LogP contribution in [0.2, 0.25) is 0 Å². The van der Waals surface area contributed by atoms with Gasteiger partial charge < -0.3 is 9.84 Å². The Kier molecular flexibility index (Phi) is 3.76. The monoisotopic (exact) mass is 289 g/mol. The lowest BCUT2D eigenvalue weighted by molar-refractivity contribution is 0.234. The van der Waals surface area contributed by atoms with Crippen LogP contribution in [0, 0.1) is 11.7 Å². The van der Waals surface area contributed by atoms with Crippen LogP contribution < -0.4 is 5.32 Å². The lowest BCUT2D eigenvalue weighted by Gasteiger charge is -2.28. The molecule has 0 spiro atoms. The third-order valence-corrected chi connectivity index (χ3v) is 4.49. The lowest BCUT2D eigenvalue weighted by Crippen LogP contribution is -2.35. The van der Waals surface area contributed by atoms with Crippen molar-refractivity contribution in [1.29, 1.82) is 0 Å². The van der Waals surface area contributed by atoms with Crippen molar-refractivity contribution in [1.82, 2.24) is 15.5 Å². The van der Waals surface area contributed by atoms with Crippen molar-refractivity contribution >= 4 is 0 Å². The number of nitrogens with one attached hydrogen (secondary N) is 1. The van der Waals surface area contributed by atoms with Crippen molar-refractivity contribution < 1.29 is 8.91 Å². The summed E-state index contributed by atoms with van der Waals surface area (Å²) in [5.41, 5.74) is 0.494. The number of halogens is 1. The first-order chi connectivity index (χ1) is 10.1. The first kappa shape index (κ1) is 14.2. The van der Waals surface area contributed by atoms with E-state index in [-0.39, 0.29) is 11.2 Å². The first-order valence-corrected chi connectivity index (χ1v) is 7.39. The maximum absolute atomic E-state index is 13.7. The minimum atomic E-state index is -0.232. The van der Waals surface area contributed by atoms with Gasteiger partial charge in [0.2, 0.25) is 5.89 Å². The molecule has 1 unspecified atom stereocenters. The van der Waals surface area contributed by atoms with E-state index in [4.69, 9.17) is 4.52 Å². The molecule has 2 aromatic rings. The third-order valence-electron chi connectivity index (χ3n) is 4.49. The average molecular weight is 289 g/mol. The zero-order valence-corrected chi connectivity index (χ0v) is 12.4. The van der Waals surface area contributed by atoms with Crippen molar-refractivity contribution in [2.24, 2.45) is 5.92 Å². The Hall–Kier alpha value is -1.75. The van der Waals surface area contributed by atoms with Crippen LogP contribution in [0.1, 0.15) is 37.5 Å². The van der Waals surface area contributed by atoms with Gasteiger partial charge in [-0.3, -0.25) is 0 Å². The zero-order chi connectivity index (χ0) is 14.9. The van der Waals surface area contributed by atoms with Gasteiger partial charge in [-0.05, 0) is 30.5 Å². The van der Waals surface area contributed by atoms with Gasteiger partial charge in [0.1, 0.15) is 5.82 Å². The van der Waals surface area contributed by atoms with E-state index in [0.717, 1.165) is 19.5 Å². The van der Waals surface area contributed by atoms with E-state index in [1.165, 1.54) is 6.07 Å². The molecule has 0 saturated carbocycles. The molecule has 1 aromatic heterocycles. The van der Waals surface area contributed by atoms with Crippen LogP contribution in [0.3, 0.4) is 0 Å². The van der Waals surface area contributed by atoms with Crippen LogP contribution in [-0.4, -0.2) is 23.2 Å². The van der Waals surface area contributed by atoms with Crippen molar-refractivity contribution in [2.75, 3.05) is 13.1 Å². The fourth-order valence-corrected chi connectivity index (χ4v) is 2.97. The molecular weight excluding hydrogens is 269 g/mol. The molecule has 1 N–H and O–H groups in total. The van der Waals surface area contributed by atoms with E-state index in [0.29, 0.717) is 29.6 Å². The topological polar surface area (TPSA) is 51.0 Å². The highest BCUT2D eigenvalue weighted by Gasteiger charge is 2.43. The number of hydrogen-bond acceptors (Lipinski definition) is 4. The minimum Gasteiger partial charge on any atom is -0.339 e. The molecule has 4 nitrogen and oxygen atoms in total. The summed E-state index contributed by atoms with van der Waals surface area (Å²) in [6.45, 7) is 6.16. The number of hydrogen-bond donors (Lipinski definition) is 1. The molecule has 0 amide bonds. The molecule has 0 bridgehead atoms. The second-order valence-corrected chi connectivity index (χ2v) is 6.02. The summed E-state index contributed by atoms with van der Waals surface area (Å²) in [6.07, 6.45) is 1.35. The molecule has 2 heterocycles. The van der Waals surface area contributed by atoms with Crippen LogP contribution >= 0.6 is 0 Å². The molecule has 112 valence electrons. The highest BCUT2D eigenvalue weighted by atomic mass is 19.1. The fraction of sp³-hybridized carbons (Fsp3) is 0.500. The summed E-state index contributed by atoms with van der Waals surface area (Å²) in [6, 6.07) is 6.70. The molecule has 1 fully saturated rings. The molecule has 1 aliphatic heterocycles. The molecule has 1 saturated heterocycles. The lowest BCUT2D eigenvalue weighted by atomic mass is 9.76. The summed E-state index contributed by atoms with van der Waals surface area (Å²) in [5.74, 6) is 1.40. The van der Waals surface area contributed by atoms with Crippen LogP contribution in [0.5, 0.6) is 0 Å². The third kappa shape index (κ3) is 2.58. The minimum absolute atomic E-state index is 0.0967. The van der Waals surface area contributed by atoms with Gasteiger partial charge in [-0.2, -0.15) is 4.98 Å². The standard InChI is InChI=1S/C16H20FN3O/c1-11(2)16(7-8-18-10-16)15-19-14(20-21-15)9-12-5-3-4-6-13(12)17/h3-6,11,18H,7-10H2,1-2H3. The van der Waals surface area contributed by atoms with E-state index in [1.807, 2.05) is 6.07 Å². The summed E-state index contributed by atoms with van der Waals surface area (Å²) >= 11 is 0. The van der Waals surface area contributed by atoms with Crippen LogP contribution in [0.15, 0.2) is 28.8 Å². The predicted molar refractivity (Wildman–Crippen MR) is 77.5 cm³/mol. The van der Waals surface area contributed by atoms with Gasteiger partial charge in [0.25, 0.3) is 0 Å². The first-order valence-electron chi connectivity index (χ1n) is 7.39. The molecule has 1 aromatic carbocycles. The van der Waals surface area contributed by atoms with E-state index in [1.54, 1.807) is 12.1 Å². The number of benzene rings is 1. The van der Waals surface area contributed by atoms with Crippen LogP contribution in [-0.2, 0) is 11.8 Å². The van der Waals surface area contributed by atoms with E-state index < -0.39 is 0 Å². The molecule has 0 aliphatic carbocycles. The molecule has 3 rings (SSSR count). The zero-order valence-electron chi connectivity index (χ0n) is 12.4. The van der Waals surface area contributed by atoms with Crippen molar-refractivity contribution in [2.45, 2.75) is 32.1 Å². The molecule has 0 radical (unpaired) electrons. The Morgan fingerprint density at radius 3 is 2.86 bits per heavy atom. The summed E-state index contributed by atoms with van der Waals surface area (Å²) in [4.78, 5) is 4.54. The Bertz CT molecular complexity index is 617. The molecule has 21 heavy (non-hydrogen) atoms. The molecule has 5 heteroatoms. The van der Waals surface area contributed by atoms with Gasteiger partial charge in [0.15, 0.2) is 5.82 Å². The van der Waals surface area contributed by atoms with Crippen molar-refractivity contribution in [3.05, 3.63) is 47.4 Å². The number of aromatic nitrogens is 2. The maximum Gasteiger partial charge on any atom is 0.234 e. The number of rotatable bonds is 4. The molecule has 1 aliphatic rings. The van der Waals surface area contributed by atoms with Gasteiger partial charge in [0, 0.05) is 13.0 Å².